The minimum absolute atomic E-state index is 0.00261. The van der Waals surface area contributed by atoms with Crippen molar-refractivity contribution in [2.45, 2.75) is 11.8 Å². The van der Waals surface area contributed by atoms with E-state index in [-0.39, 0.29) is 26.4 Å². The number of carbonyl (C=O) groups is 2. The normalized spacial score (nSPS) is 14.4. The third-order valence-corrected chi connectivity index (χ3v) is 5.47. The third-order valence-electron chi connectivity index (χ3n) is 3.72. The largest absolute Gasteiger partial charge is 0.377 e. The molecule has 144 valence electrons. The van der Waals surface area contributed by atoms with Crippen LogP contribution < -0.4 is 14.8 Å². The highest BCUT2D eigenvalue weighted by Gasteiger charge is 2.26. The fourth-order valence-corrected chi connectivity index (χ4v) is 3.72. The van der Waals surface area contributed by atoms with E-state index in [1.165, 1.54) is 36.4 Å². The molecule has 2 aromatic rings. The number of rotatable bonds is 4. The summed E-state index contributed by atoms with van der Waals surface area (Å²) >= 11 is 10.8. The van der Waals surface area contributed by atoms with Gasteiger partial charge in [0.1, 0.15) is 10.5 Å². The number of halogens is 1. The summed E-state index contributed by atoms with van der Waals surface area (Å²) in [5, 5.41) is 4.55. The van der Waals surface area contributed by atoms with Crippen LogP contribution in [0, 0.1) is 6.92 Å². The Morgan fingerprint density at radius 2 is 1.64 bits per heavy atom. The zero-order valence-corrected chi connectivity index (χ0v) is 16.7. The lowest BCUT2D eigenvalue weighted by Gasteiger charge is -2.16. The van der Waals surface area contributed by atoms with Gasteiger partial charge in [-0.15, -0.1) is 0 Å². The molecule has 3 rings (SSSR count). The van der Waals surface area contributed by atoms with Crippen molar-refractivity contribution in [2.24, 2.45) is 0 Å². The van der Waals surface area contributed by atoms with Crippen LogP contribution in [0.4, 0.5) is 0 Å². The number of hydrogen-bond acceptors (Lipinski definition) is 6. The molecule has 1 saturated heterocycles. The minimum atomic E-state index is -4.06. The maximum absolute atomic E-state index is 12.4. The number of hydrogen-bond donors (Lipinski definition) is 2. The Hall–Kier alpha value is -2.75. The molecule has 0 bridgehead atoms. The first-order valence-corrected chi connectivity index (χ1v) is 10.0. The summed E-state index contributed by atoms with van der Waals surface area (Å²) < 4.78 is 29.8. The van der Waals surface area contributed by atoms with Crippen LogP contribution in [0.3, 0.4) is 0 Å². The molecule has 1 aliphatic heterocycles. The van der Waals surface area contributed by atoms with Crippen LogP contribution in [0.2, 0.25) is 5.02 Å². The fraction of sp³-hybridized carbons (Fsp3) is 0.0556. The van der Waals surface area contributed by atoms with Gasteiger partial charge in [0.05, 0.1) is 5.02 Å². The molecule has 1 aliphatic rings. The van der Waals surface area contributed by atoms with Gasteiger partial charge < -0.3 is 4.18 Å². The number of nitrogens with one attached hydrogen (secondary N) is 2. The second-order valence-electron chi connectivity index (χ2n) is 5.84. The molecule has 0 aromatic heterocycles. The summed E-state index contributed by atoms with van der Waals surface area (Å²) in [4.78, 5) is 23.7. The van der Waals surface area contributed by atoms with Crippen molar-refractivity contribution in [3.8, 4) is 5.75 Å². The Morgan fingerprint density at radius 1 is 1.04 bits per heavy atom. The summed E-state index contributed by atoms with van der Waals surface area (Å²) in [7, 11) is -4.06. The van der Waals surface area contributed by atoms with Crippen LogP contribution in [0.1, 0.15) is 11.1 Å². The lowest BCUT2D eigenvalue weighted by atomic mass is 10.1. The average molecular weight is 437 g/mol. The molecule has 0 aliphatic carbocycles. The molecular formula is C18H13ClN2O5S2. The van der Waals surface area contributed by atoms with Gasteiger partial charge in [-0.25, -0.2) is 0 Å². The van der Waals surface area contributed by atoms with Crippen molar-refractivity contribution in [1.29, 1.82) is 0 Å². The summed E-state index contributed by atoms with van der Waals surface area (Å²) in [5.74, 6) is -1.37. The fourth-order valence-electron chi connectivity index (χ4n) is 2.32. The number of amides is 2. The maximum atomic E-state index is 12.4. The van der Waals surface area contributed by atoms with Gasteiger partial charge in [0.25, 0.3) is 11.8 Å². The number of benzene rings is 2. The van der Waals surface area contributed by atoms with E-state index in [1.807, 2.05) is 6.92 Å². The first-order chi connectivity index (χ1) is 13.2. The van der Waals surface area contributed by atoms with E-state index in [1.54, 1.807) is 12.1 Å². The first kappa shape index (κ1) is 20.0. The van der Waals surface area contributed by atoms with Gasteiger partial charge in [0.15, 0.2) is 10.9 Å². The first-order valence-electron chi connectivity index (χ1n) is 7.85. The molecule has 2 amide bonds. The van der Waals surface area contributed by atoms with Gasteiger partial charge in [0, 0.05) is 0 Å². The highest BCUT2D eigenvalue weighted by Crippen LogP contribution is 2.29. The Kier molecular flexibility index (Phi) is 5.50. The molecule has 10 heteroatoms. The summed E-state index contributed by atoms with van der Waals surface area (Å²) in [5.41, 5.74) is 1.15. The number of carbonyl (C=O) groups excluding carboxylic acids is 2. The van der Waals surface area contributed by atoms with Crippen molar-refractivity contribution in [1.82, 2.24) is 10.6 Å². The van der Waals surface area contributed by atoms with Crippen LogP contribution >= 0.6 is 23.8 Å². The highest BCUT2D eigenvalue weighted by molar-refractivity contribution is 7.87. The second kappa shape index (κ2) is 7.70. The SMILES string of the molecule is Cc1ccc(S(=O)(=O)Oc2ccc(C=C3C(=O)NC(=S)NC3=O)cc2Cl)cc1. The maximum Gasteiger partial charge on any atom is 0.339 e. The third kappa shape index (κ3) is 4.38. The lowest BCUT2D eigenvalue weighted by Crippen LogP contribution is -2.51. The van der Waals surface area contributed by atoms with Crippen molar-refractivity contribution >= 4 is 56.9 Å². The van der Waals surface area contributed by atoms with E-state index >= 15 is 0 Å². The van der Waals surface area contributed by atoms with Crippen LogP contribution in [0.15, 0.2) is 52.9 Å². The van der Waals surface area contributed by atoms with Crippen LogP contribution in [-0.4, -0.2) is 25.3 Å². The van der Waals surface area contributed by atoms with E-state index in [2.05, 4.69) is 10.6 Å². The van der Waals surface area contributed by atoms with Gasteiger partial charge in [-0.05, 0) is 55.0 Å². The van der Waals surface area contributed by atoms with Crippen molar-refractivity contribution < 1.29 is 22.2 Å². The van der Waals surface area contributed by atoms with Gasteiger partial charge in [-0.2, -0.15) is 8.42 Å². The predicted molar refractivity (Wildman–Crippen MR) is 107 cm³/mol. The number of aryl methyl sites for hydroxylation is 1. The zero-order valence-electron chi connectivity index (χ0n) is 14.4. The Balaban J connectivity index is 1.86. The summed E-state index contributed by atoms with van der Waals surface area (Å²) in [6, 6.07) is 10.3. The van der Waals surface area contributed by atoms with Crippen molar-refractivity contribution in [3.05, 3.63) is 64.2 Å². The smallest absolute Gasteiger partial charge is 0.339 e. The van der Waals surface area contributed by atoms with E-state index in [4.69, 9.17) is 28.0 Å². The summed E-state index contributed by atoms with van der Waals surface area (Å²) in [6.45, 7) is 1.84. The molecule has 1 fully saturated rings. The molecule has 28 heavy (non-hydrogen) atoms. The highest BCUT2D eigenvalue weighted by atomic mass is 35.5. The molecule has 0 radical (unpaired) electrons. The van der Waals surface area contributed by atoms with Crippen LogP contribution in [0.5, 0.6) is 5.75 Å². The molecule has 2 aromatic carbocycles. The molecule has 7 nitrogen and oxygen atoms in total. The zero-order chi connectivity index (χ0) is 20.5. The second-order valence-corrected chi connectivity index (χ2v) is 8.20. The monoisotopic (exact) mass is 436 g/mol. The molecule has 1 heterocycles. The van der Waals surface area contributed by atoms with Crippen molar-refractivity contribution in [2.75, 3.05) is 0 Å². The van der Waals surface area contributed by atoms with Gasteiger partial charge >= 0.3 is 10.1 Å². The molecule has 2 N–H and O–H groups in total. The molecule has 0 saturated carbocycles. The van der Waals surface area contributed by atoms with Crippen LogP contribution in [-0.2, 0) is 19.7 Å². The van der Waals surface area contributed by atoms with Gasteiger partial charge in [-0.3, -0.25) is 20.2 Å². The topological polar surface area (TPSA) is 102 Å². The van der Waals surface area contributed by atoms with Crippen molar-refractivity contribution in [3.63, 3.8) is 0 Å². The molecule has 0 spiro atoms. The molecular weight excluding hydrogens is 424 g/mol. The Morgan fingerprint density at radius 3 is 2.21 bits per heavy atom. The average Bonchev–Trinajstić information content (AvgIpc) is 2.60. The summed E-state index contributed by atoms with van der Waals surface area (Å²) in [6.07, 6.45) is 1.30. The predicted octanol–water partition coefficient (Wildman–Crippen LogP) is 2.33. The minimum Gasteiger partial charge on any atom is -0.377 e. The lowest BCUT2D eigenvalue weighted by molar-refractivity contribution is -0.123. The number of thiocarbonyl (C=S) groups is 1. The van der Waals surface area contributed by atoms with Gasteiger partial charge in [0.2, 0.25) is 0 Å². The quantitative estimate of drug-likeness (QED) is 0.330. The van der Waals surface area contributed by atoms with E-state index < -0.39 is 21.9 Å². The molecule has 0 unspecified atom stereocenters. The standard InChI is InChI=1S/C18H13ClN2O5S2/c1-10-2-5-12(6-3-10)28(24,25)26-15-7-4-11(9-14(15)19)8-13-16(22)20-18(27)21-17(13)23/h2-9H,1H3,(H2,20,21,22,23,27). The van der Waals surface area contributed by atoms with E-state index in [9.17, 15) is 18.0 Å². The molecule has 0 atom stereocenters. The Labute approximate surface area is 171 Å². The van der Waals surface area contributed by atoms with E-state index in [0.29, 0.717) is 5.56 Å². The Bertz CT molecular complexity index is 1100. The van der Waals surface area contributed by atoms with Crippen LogP contribution in [0.25, 0.3) is 6.08 Å². The van der Waals surface area contributed by atoms with Gasteiger partial charge in [-0.1, -0.05) is 35.4 Å². The van der Waals surface area contributed by atoms with E-state index in [0.717, 1.165) is 5.56 Å².